The van der Waals surface area contributed by atoms with Crippen LogP contribution in [0.25, 0.3) is 0 Å². The Morgan fingerprint density at radius 1 is 1.19 bits per heavy atom. The van der Waals surface area contributed by atoms with Crippen molar-refractivity contribution in [2.75, 3.05) is 5.32 Å². The second kappa shape index (κ2) is 7.26. The lowest BCUT2D eigenvalue weighted by atomic mass is 9.81. The number of nitrogens with two attached hydrogens (primary N) is 1. The number of amides is 3. The van der Waals surface area contributed by atoms with Crippen LogP contribution in [0.5, 0.6) is 0 Å². The number of anilines is 1. The van der Waals surface area contributed by atoms with Crippen molar-refractivity contribution in [3.05, 3.63) is 40.8 Å². The van der Waals surface area contributed by atoms with Gasteiger partial charge in [0, 0.05) is 18.0 Å². The summed E-state index contributed by atoms with van der Waals surface area (Å²) in [5.41, 5.74) is 4.78. The number of halogens is 3. The monoisotopic (exact) mass is 399 g/mol. The zero-order valence-electron chi connectivity index (χ0n) is 13.9. The maximum Gasteiger partial charge on any atom is 0.416 e. The largest absolute Gasteiger partial charge is 0.416 e. The average Bonchev–Trinajstić information content (AvgIpc) is 2.95. The Bertz CT molecular complexity index is 808. The fraction of sp³-hybridized carbons (Fsp3) is 0.353. The number of primary amides is 1. The molecule has 6 nitrogen and oxygen atoms in total. The van der Waals surface area contributed by atoms with E-state index in [1.807, 2.05) is 0 Å². The number of fused-ring (bicyclic) bond motifs is 1. The Kier molecular flexibility index (Phi) is 5.18. The van der Waals surface area contributed by atoms with Crippen molar-refractivity contribution < 1.29 is 27.6 Å². The highest BCUT2D eigenvalue weighted by Gasteiger charge is 2.42. The van der Waals surface area contributed by atoms with E-state index in [2.05, 4.69) is 10.6 Å². The van der Waals surface area contributed by atoms with Gasteiger partial charge in [-0.05, 0) is 41.7 Å². The minimum atomic E-state index is -4.44. The molecule has 144 valence electrons. The molecule has 3 amide bonds. The Morgan fingerprint density at radius 3 is 2.44 bits per heavy atom. The normalized spacial score (nSPS) is 24.8. The summed E-state index contributed by atoms with van der Waals surface area (Å²) in [6.45, 7) is 0. The minimum absolute atomic E-state index is 0.0640. The Morgan fingerprint density at radius 2 is 1.85 bits per heavy atom. The third-order valence-corrected chi connectivity index (χ3v) is 5.74. The van der Waals surface area contributed by atoms with Crippen LogP contribution in [0.3, 0.4) is 0 Å². The van der Waals surface area contributed by atoms with Gasteiger partial charge in [-0.3, -0.25) is 9.59 Å². The molecule has 27 heavy (non-hydrogen) atoms. The highest BCUT2D eigenvalue weighted by molar-refractivity contribution is 8.04. The second-order valence-electron chi connectivity index (χ2n) is 6.35. The van der Waals surface area contributed by atoms with Gasteiger partial charge < -0.3 is 16.4 Å². The van der Waals surface area contributed by atoms with E-state index in [4.69, 9.17) is 5.73 Å². The number of allylic oxidation sites excluding steroid dienone is 2. The molecule has 0 bridgehead atoms. The van der Waals surface area contributed by atoms with Crippen LogP contribution in [0.15, 0.2) is 35.2 Å². The van der Waals surface area contributed by atoms with E-state index >= 15 is 0 Å². The van der Waals surface area contributed by atoms with Gasteiger partial charge in [0.25, 0.3) is 0 Å². The van der Waals surface area contributed by atoms with Crippen LogP contribution in [-0.2, 0) is 15.8 Å². The summed E-state index contributed by atoms with van der Waals surface area (Å²) in [4.78, 5) is 36.1. The smallest absolute Gasteiger partial charge is 0.369 e. The number of nitrogens with one attached hydrogen (secondary N) is 2. The summed E-state index contributed by atoms with van der Waals surface area (Å²) < 4.78 is 37.6. The fourth-order valence-electron chi connectivity index (χ4n) is 3.17. The first kappa shape index (κ1) is 19.3. The number of hydrogen-bond acceptors (Lipinski definition) is 4. The van der Waals surface area contributed by atoms with Gasteiger partial charge in [-0.15, -0.1) is 11.8 Å². The Balaban J connectivity index is 1.60. The summed E-state index contributed by atoms with van der Waals surface area (Å²) in [5.74, 6) is -1.52. The molecular formula is C17H16F3N3O3S. The quantitative estimate of drug-likeness (QED) is 0.727. The van der Waals surface area contributed by atoms with Crippen molar-refractivity contribution in [3.63, 3.8) is 0 Å². The molecule has 10 heteroatoms. The maximum atomic E-state index is 12.5. The molecule has 3 rings (SSSR count). The van der Waals surface area contributed by atoms with Crippen LogP contribution in [0.4, 0.5) is 23.7 Å². The predicted molar refractivity (Wildman–Crippen MR) is 93.5 cm³/mol. The SMILES string of the molecule is NC(=O)C1CC(=O)C=C2SC(NC(=O)Nc3ccc(C(F)(F)F)cc3)CC21. The highest BCUT2D eigenvalue weighted by Crippen LogP contribution is 2.47. The van der Waals surface area contributed by atoms with Crippen molar-refractivity contribution in [1.82, 2.24) is 5.32 Å². The maximum absolute atomic E-state index is 12.5. The number of rotatable bonds is 3. The predicted octanol–water partition coefficient (Wildman–Crippen LogP) is 2.86. The molecule has 0 saturated carbocycles. The lowest BCUT2D eigenvalue weighted by Crippen LogP contribution is -2.37. The standard InChI is InChI=1S/C17H16F3N3O3S/c18-17(19,20)8-1-3-9(4-2-8)22-16(26)23-14-7-11-12(15(21)25)5-10(24)6-13(11)27-14/h1-4,6,11-12,14H,5,7H2,(H2,21,25)(H2,22,23,26). The van der Waals surface area contributed by atoms with Crippen LogP contribution in [-0.4, -0.2) is 23.1 Å². The van der Waals surface area contributed by atoms with E-state index in [1.165, 1.54) is 17.8 Å². The highest BCUT2D eigenvalue weighted by atomic mass is 32.2. The van der Waals surface area contributed by atoms with Crippen LogP contribution in [0.2, 0.25) is 0 Å². The molecule has 4 N–H and O–H groups in total. The number of ketones is 1. The van der Waals surface area contributed by atoms with E-state index < -0.39 is 29.6 Å². The van der Waals surface area contributed by atoms with Gasteiger partial charge in [0.05, 0.1) is 16.9 Å². The molecule has 1 heterocycles. The fourth-order valence-corrected chi connectivity index (χ4v) is 4.60. The first-order valence-corrected chi connectivity index (χ1v) is 8.96. The van der Waals surface area contributed by atoms with Crippen molar-refractivity contribution in [3.8, 4) is 0 Å². The lowest BCUT2D eigenvalue weighted by molar-refractivity contribution is -0.137. The van der Waals surface area contributed by atoms with E-state index in [0.717, 1.165) is 29.2 Å². The molecule has 1 saturated heterocycles. The zero-order chi connectivity index (χ0) is 19.8. The van der Waals surface area contributed by atoms with Gasteiger partial charge in [-0.1, -0.05) is 0 Å². The second-order valence-corrected chi connectivity index (χ2v) is 7.62. The first-order valence-electron chi connectivity index (χ1n) is 8.08. The van der Waals surface area contributed by atoms with Gasteiger partial charge in [0.1, 0.15) is 0 Å². The van der Waals surface area contributed by atoms with Crippen LogP contribution >= 0.6 is 11.8 Å². The van der Waals surface area contributed by atoms with E-state index in [0.29, 0.717) is 6.42 Å². The molecule has 0 radical (unpaired) electrons. The molecule has 1 aromatic carbocycles. The average molecular weight is 399 g/mol. The molecular weight excluding hydrogens is 383 g/mol. The molecule has 1 aliphatic carbocycles. The number of thioether (sulfide) groups is 1. The first-order chi connectivity index (χ1) is 12.6. The number of benzene rings is 1. The summed E-state index contributed by atoms with van der Waals surface area (Å²) in [7, 11) is 0. The number of alkyl halides is 3. The van der Waals surface area contributed by atoms with Gasteiger partial charge in [-0.25, -0.2) is 4.79 Å². The lowest BCUT2D eigenvalue weighted by Gasteiger charge is -2.23. The Hall–Kier alpha value is -2.49. The van der Waals surface area contributed by atoms with Crippen molar-refractivity contribution in [2.45, 2.75) is 24.4 Å². The van der Waals surface area contributed by atoms with Gasteiger partial charge in [0.15, 0.2) is 5.78 Å². The molecule has 0 spiro atoms. The van der Waals surface area contributed by atoms with Crippen LogP contribution in [0, 0.1) is 11.8 Å². The van der Waals surface area contributed by atoms with Crippen LogP contribution in [0.1, 0.15) is 18.4 Å². The van der Waals surface area contributed by atoms with Gasteiger partial charge in [-0.2, -0.15) is 13.2 Å². The van der Waals surface area contributed by atoms with Crippen molar-refractivity contribution in [2.24, 2.45) is 17.6 Å². The number of carbonyl (C=O) groups excluding carboxylic acids is 3. The summed E-state index contributed by atoms with van der Waals surface area (Å²) >= 11 is 1.28. The molecule has 0 aromatic heterocycles. The van der Waals surface area contributed by atoms with Crippen molar-refractivity contribution in [1.29, 1.82) is 0 Å². The molecule has 1 fully saturated rings. The summed E-state index contributed by atoms with van der Waals surface area (Å²) in [6.07, 6.45) is -2.46. The topological polar surface area (TPSA) is 101 Å². The van der Waals surface area contributed by atoms with E-state index in [-0.39, 0.29) is 29.2 Å². The van der Waals surface area contributed by atoms with Gasteiger partial charge in [0.2, 0.25) is 5.91 Å². The van der Waals surface area contributed by atoms with E-state index in [9.17, 15) is 27.6 Å². The molecule has 3 atom stereocenters. The number of urea groups is 1. The molecule has 2 aliphatic rings. The Labute approximate surface area is 156 Å². The number of carbonyl (C=O) groups is 3. The molecule has 3 unspecified atom stereocenters. The van der Waals surface area contributed by atoms with Gasteiger partial charge >= 0.3 is 12.2 Å². The summed E-state index contributed by atoms with van der Waals surface area (Å²) in [6, 6.07) is 3.49. The zero-order valence-corrected chi connectivity index (χ0v) is 14.7. The molecule has 1 aliphatic heterocycles. The molecule has 1 aromatic rings. The third-order valence-electron chi connectivity index (χ3n) is 4.45. The summed E-state index contributed by atoms with van der Waals surface area (Å²) in [5, 5.41) is 4.78. The third kappa shape index (κ3) is 4.44. The van der Waals surface area contributed by atoms with E-state index in [1.54, 1.807) is 0 Å². The number of hydrogen-bond donors (Lipinski definition) is 3. The minimum Gasteiger partial charge on any atom is -0.369 e. The van der Waals surface area contributed by atoms with Crippen molar-refractivity contribution >= 4 is 35.2 Å². The van der Waals surface area contributed by atoms with Crippen LogP contribution < -0.4 is 16.4 Å².